The van der Waals surface area contributed by atoms with Crippen LogP contribution in [0.15, 0.2) is 61.1 Å². The van der Waals surface area contributed by atoms with E-state index >= 15 is 0 Å². The molecular formula is C24H24N6O. The second-order valence-electron chi connectivity index (χ2n) is 7.31. The zero-order valence-electron chi connectivity index (χ0n) is 17.5. The molecule has 0 unspecified atom stereocenters. The number of pyridine rings is 1. The lowest BCUT2D eigenvalue weighted by molar-refractivity contribution is 0.0964. The highest BCUT2D eigenvalue weighted by molar-refractivity contribution is 6.06. The quantitative estimate of drug-likeness (QED) is 0.418. The van der Waals surface area contributed by atoms with Gasteiger partial charge >= 0.3 is 0 Å². The molecule has 0 saturated heterocycles. The van der Waals surface area contributed by atoms with Crippen LogP contribution in [0.3, 0.4) is 0 Å². The minimum Gasteiger partial charge on any atom is -0.398 e. The van der Waals surface area contributed by atoms with Crippen molar-refractivity contribution in [2.75, 3.05) is 24.6 Å². The molecule has 7 nitrogen and oxygen atoms in total. The Morgan fingerprint density at radius 1 is 1.06 bits per heavy atom. The summed E-state index contributed by atoms with van der Waals surface area (Å²) >= 11 is 0. The summed E-state index contributed by atoms with van der Waals surface area (Å²) in [7, 11) is 1.63. The van der Waals surface area contributed by atoms with Crippen LogP contribution in [0.2, 0.25) is 0 Å². The maximum atomic E-state index is 12.2. The Hall–Kier alpha value is -4.00. The zero-order chi connectivity index (χ0) is 21.8. The Balaban J connectivity index is 1.51. The predicted molar refractivity (Wildman–Crippen MR) is 124 cm³/mol. The van der Waals surface area contributed by atoms with Crippen LogP contribution < -0.4 is 16.4 Å². The molecule has 156 valence electrons. The summed E-state index contributed by atoms with van der Waals surface area (Å²) in [6.07, 6.45) is 3.94. The molecule has 4 aromatic rings. The number of nitrogens with one attached hydrogen (secondary N) is 2. The fourth-order valence-corrected chi connectivity index (χ4v) is 3.61. The van der Waals surface area contributed by atoms with Crippen LogP contribution in [-0.2, 0) is 6.42 Å². The molecule has 7 heteroatoms. The van der Waals surface area contributed by atoms with Crippen molar-refractivity contribution >= 4 is 28.3 Å². The standard InChI is InChI=1S/C24H24N6O/c1-15-6-7-19(20(25)12-15)21-13-22(30-14-29-21)27-10-8-16-4-3-5-17-18(24(31)26-2)9-11-28-23(16)17/h3-7,9,11-14H,8,10,25H2,1-2H3,(H,26,31)(H,27,29,30). The summed E-state index contributed by atoms with van der Waals surface area (Å²) in [4.78, 5) is 25.3. The van der Waals surface area contributed by atoms with E-state index in [-0.39, 0.29) is 5.91 Å². The van der Waals surface area contributed by atoms with Crippen molar-refractivity contribution < 1.29 is 4.79 Å². The van der Waals surface area contributed by atoms with Gasteiger partial charge in [0.25, 0.3) is 5.91 Å². The number of carbonyl (C=O) groups excluding carboxylic acids is 1. The van der Waals surface area contributed by atoms with Gasteiger partial charge in [0.1, 0.15) is 12.1 Å². The number of hydrogen-bond donors (Lipinski definition) is 3. The molecule has 31 heavy (non-hydrogen) atoms. The molecule has 0 aliphatic rings. The predicted octanol–water partition coefficient (Wildman–Crippen LogP) is 3.60. The summed E-state index contributed by atoms with van der Waals surface area (Å²) in [6, 6.07) is 15.5. The van der Waals surface area contributed by atoms with Crippen molar-refractivity contribution in [3.05, 3.63) is 77.7 Å². The van der Waals surface area contributed by atoms with Crippen molar-refractivity contribution in [3.8, 4) is 11.3 Å². The molecule has 0 bridgehead atoms. The number of aromatic nitrogens is 3. The highest BCUT2D eigenvalue weighted by Crippen LogP contribution is 2.26. The van der Waals surface area contributed by atoms with Crippen LogP contribution in [0.25, 0.3) is 22.2 Å². The Morgan fingerprint density at radius 3 is 2.74 bits per heavy atom. The first kappa shape index (κ1) is 20.3. The summed E-state index contributed by atoms with van der Waals surface area (Å²) in [5.41, 5.74) is 12.1. The normalized spacial score (nSPS) is 10.8. The molecule has 0 saturated carbocycles. The lowest BCUT2D eigenvalue weighted by Gasteiger charge is -2.11. The molecule has 0 atom stereocenters. The lowest BCUT2D eigenvalue weighted by Crippen LogP contribution is -2.18. The van der Waals surface area contributed by atoms with Gasteiger partial charge in [-0.2, -0.15) is 0 Å². The van der Waals surface area contributed by atoms with Crippen molar-refractivity contribution in [1.82, 2.24) is 20.3 Å². The van der Waals surface area contributed by atoms with Gasteiger partial charge < -0.3 is 16.4 Å². The maximum absolute atomic E-state index is 12.2. The Bertz CT molecular complexity index is 1250. The van der Waals surface area contributed by atoms with E-state index in [1.807, 2.05) is 49.4 Å². The van der Waals surface area contributed by atoms with E-state index in [4.69, 9.17) is 5.73 Å². The van der Waals surface area contributed by atoms with Gasteiger partial charge in [-0.1, -0.05) is 30.3 Å². The summed E-state index contributed by atoms with van der Waals surface area (Å²) in [6.45, 7) is 2.66. The fraction of sp³-hybridized carbons (Fsp3) is 0.167. The van der Waals surface area contributed by atoms with E-state index in [2.05, 4.69) is 25.6 Å². The van der Waals surface area contributed by atoms with Gasteiger partial charge in [-0.3, -0.25) is 9.78 Å². The monoisotopic (exact) mass is 412 g/mol. The first-order valence-electron chi connectivity index (χ1n) is 10.1. The minimum atomic E-state index is -0.119. The van der Waals surface area contributed by atoms with Gasteiger partial charge in [0.2, 0.25) is 0 Å². The summed E-state index contributed by atoms with van der Waals surface area (Å²) in [5, 5.41) is 6.88. The van der Waals surface area contributed by atoms with Gasteiger partial charge in [-0.05, 0) is 36.6 Å². The second-order valence-corrected chi connectivity index (χ2v) is 7.31. The van der Waals surface area contributed by atoms with Crippen LogP contribution in [-0.4, -0.2) is 34.5 Å². The third kappa shape index (κ3) is 4.30. The van der Waals surface area contributed by atoms with Gasteiger partial charge in [0.05, 0.1) is 16.8 Å². The highest BCUT2D eigenvalue weighted by Gasteiger charge is 2.11. The molecule has 1 amide bonds. The molecular weight excluding hydrogens is 388 g/mol. The van der Waals surface area contributed by atoms with Gasteiger partial charge in [-0.25, -0.2) is 9.97 Å². The number of rotatable bonds is 6. The Morgan fingerprint density at radius 2 is 1.94 bits per heavy atom. The van der Waals surface area contributed by atoms with Gasteiger partial charge in [-0.15, -0.1) is 0 Å². The average molecular weight is 412 g/mol. The molecule has 0 aliphatic heterocycles. The van der Waals surface area contributed by atoms with Crippen molar-refractivity contribution in [1.29, 1.82) is 0 Å². The first-order chi connectivity index (χ1) is 15.1. The molecule has 2 aromatic carbocycles. The number of para-hydroxylation sites is 1. The molecule has 2 aromatic heterocycles. The number of hydrogen-bond acceptors (Lipinski definition) is 6. The molecule has 2 heterocycles. The molecule has 0 aliphatic carbocycles. The van der Waals surface area contributed by atoms with Crippen LogP contribution in [0, 0.1) is 6.92 Å². The number of benzene rings is 2. The Labute approximate surface area is 180 Å². The highest BCUT2D eigenvalue weighted by atomic mass is 16.1. The van der Waals surface area contributed by atoms with Gasteiger partial charge in [0, 0.05) is 42.5 Å². The zero-order valence-corrected chi connectivity index (χ0v) is 17.5. The van der Waals surface area contributed by atoms with E-state index in [1.165, 1.54) is 6.33 Å². The van der Waals surface area contributed by atoms with Gasteiger partial charge in [0.15, 0.2) is 0 Å². The topological polar surface area (TPSA) is 106 Å². The third-order valence-corrected chi connectivity index (χ3v) is 5.18. The fourth-order valence-electron chi connectivity index (χ4n) is 3.61. The van der Waals surface area contributed by atoms with Crippen molar-refractivity contribution in [2.45, 2.75) is 13.3 Å². The number of nitrogens with two attached hydrogens (primary N) is 1. The van der Waals surface area contributed by atoms with Crippen LogP contribution in [0.1, 0.15) is 21.5 Å². The smallest absolute Gasteiger partial charge is 0.251 e. The number of fused-ring (bicyclic) bond motifs is 1. The lowest BCUT2D eigenvalue weighted by atomic mass is 10.0. The molecule has 4 rings (SSSR count). The maximum Gasteiger partial charge on any atom is 0.251 e. The van der Waals surface area contributed by atoms with Crippen LogP contribution in [0.4, 0.5) is 11.5 Å². The average Bonchev–Trinajstić information content (AvgIpc) is 2.78. The van der Waals surface area contributed by atoms with Crippen molar-refractivity contribution in [2.24, 2.45) is 0 Å². The third-order valence-electron chi connectivity index (χ3n) is 5.18. The molecule has 0 radical (unpaired) electrons. The summed E-state index contributed by atoms with van der Waals surface area (Å²) < 4.78 is 0. The summed E-state index contributed by atoms with van der Waals surface area (Å²) in [5.74, 6) is 0.607. The van der Waals surface area contributed by atoms with Crippen LogP contribution >= 0.6 is 0 Å². The van der Waals surface area contributed by atoms with E-state index in [0.717, 1.165) is 45.5 Å². The van der Waals surface area contributed by atoms with E-state index in [9.17, 15) is 4.79 Å². The van der Waals surface area contributed by atoms with E-state index < -0.39 is 0 Å². The molecule has 0 fully saturated rings. The minimum absolute atomic E-state index is 0.119. The van der Waals surface area contributed by atoms with E-state index in [0.29, 0.717) is 17.8 Å². The number of amides is 1. The number of anilines is 2. The number of nitrogens with zero attached hydrogens (tertiary/aromatic N) is 3. The number of nitrogen functional groups attached to an aromatic ring is 1. The van der Waals surface area contributed by atoms with E-state index in [1.54, 1.807) is 19.3 Å². The second kappa shape index (κ2) is 8.79. The largest absolute Gasteiger partial charge is 0.398 e. The number of carbonyl (C=O) groups is 1. The molecule has 0 spiro atoms. The van der Waals surface area contributed by atoms with Crippen LogP contribution in [0.5, 0.6) is 0 Å². The first-order valence-corrected chi connectivity index (χ1v) is 10.1. The van der Waals surface area contributed by atoms with Crippen molar-refractivity contribution in [3.63, 3.8) is 0 Å². The Kier molecular flexibility index (Phi) is 5.75. The SMILES string of the molecule is CNC(=O)c1ccnc2c(CCNc3cc(-c4ccc(C)cc4N)ncn3)cccc12. The number of aryl methyl sites for hydroxylation is 1. The molecule has 4 N–H and O–H groups in total.